The van der Waals surface area contributed by atoms with E-state index in [-0.39, 0.29) is 88.0 Å². The van der Waals surface area contributed by atoms with Crippen molar-refractivity contribution in [2.24, 2.45) is 0 Å². The molecular weight excluding hydrogens is 1040 g/mol. The smallest absolute Gasteiger partial charge is 0.268 e. The molecule has 6 nitrogen and oxygen atoms in total. The van der Waals surface area contributed by atoms with Crippen LogP contribution in [-0.4, -0.2) is 18.7 Å². The van der Waals surface area contributed by atoms with Crippen molar-refractivity contribution in [1.29, 1.82) is 0 Å². The zero-order valence-electron chi connectivity index (χ0n) is 55.9. The topological polar surface area (TPSA) is 40.8 Å². The van der Waals surface area contributed by atoms with Gasteiger partial charge >= 0.3 is 0 Å². The van der Waals surface area contributed by atoms with Gasteiger partial charge < -0.3 is 18.4 Å². The molecule has 7 heteroatoms. The van der Waals surface area contributed by atoms with Gasteiger partial charge in [-0.3, -0.25) is 4.57 Å². The molecule has 0 atom stereocenters. The van der Waals surface area contributed by atoms with E-state index in [4.69, 9.17) is 30.3 Å². The Morgan fingerprint density at radius 3 is 1.91 bits per heavy atom. The zero-order valence-corrected chi connectivity index (χ0v) is 39.1. The third-order valence-corrected chi connectivity index (χ3v) is 12.0. The molecule has 0 spiro atoms. The average Bonchev–Trinajstić information content (AvgIpc) is 1.58. The van der Waals surface area contributed by atoms with Gasteiger partial charge in [0.15, 0.2) is 0 Å². The maximum Gasteiger partial charge on any atom is 0.268 e. The van der Waals surface area contributed by atoms with Gasteiger partial charge in [-0.1, -0.05) is 182 Å². The maximum absolute atomic E-state index is 9.45. The van der Waals surface area contributed by atoms with Crippen LogP contribution in [0.2, 0.25) is 0 Å². The number of imidazole rings is 1. The molecule has 0 bridgehead atoms. The third kappa shape index (κ3) is 7.14. The fraction of sp³-hybridized carbons (Fsp3) is 0.0476. The fourth-order valence-corrected chi connectivity index (χ4v) is 9.06. The molecule has 13 aromatic rings. The molecule has 0 aliphatic carbocycles. The van der Waals surface area contributed by atoms with Crippen molar-refractivity contribution in [3.05, 3.63) is 242 Å². The van der Waals surface area contributed by atoms with Crippen LogP contribution in [0.5, 0.6) is 11.5 Å². The van der Waals surface area contributed by atoms with Crippen molar-refractivity contribution in [3.8, 4) is 56.6 Å². The predicted molar refractivity (Wildman–Crippen MR) is 279 cm³/mol. The molecule has 0 saturated carbocycles. The van der Waals surface area contributed by atoms with Crippen molar-refractivity contribution < 1.29 is 56.4 Å². The number of fused-ring (bicyclic) bond motifs is 7. The van der Waals surface area contributed by atoms with Crippen LogP contribution in [0.25, 0.3) is 99.8 Å². The average molecular weight is 1100 g/mol. The minimum absolute atomic E-state index is 0. The monoisotopic (exact) mass is 1100 g/mol. The summed E-state index contributed by atoms with van der Waals surface area (Å²) in [6.07, 6.45) is 4.94. The van der Waals surface area contributed by atoms with E-state index in [0.717, 1.165) is 0 Å². The number of para-hydroxylation sites is 6. The normalized spacial score (nSPS) is 15.5. The van der Waals surface area contributed by atoms with Crippen molar-refractivity contribution in [1.82, 2.24) is 18.7 Å². The number of hydrogen-bond acceptors (Lipinski definition) is 2. The Hall–Kier alpha value is -8.31. The van der Waals surface area contributed by atoms with Gasteiger partial charge in [-0.15, -0.1) is 24.3 Å². The van der Waals surface area contributed by atoms with Gasteiger partial charge in [0, 0.05) is 56.4 Å². The summed E-state index contributed by atoms with van der Waals surface area (Å²) in [7, 11) is 0. The molecule has 0 aliphatic heterocycles. The Bertz CT molecular complexity index is 5020. The van der Waals surface area contributed by atoms with Crippen molar-refractivity contribution >= 4 is 54.6 Å². The summed E-state index contributed by atoms with van der Waals surface area (Å²) < 4.78 is 183. The first-order chi connectivity index (χ1) is 41.8. The molecule has 0 radical (unpaired) electrons. The van der Waals surface area contributed by atoms with E-state index in [1.807, 2.05) is 18.2 Å². The second kappa shape index (κ2) is 17.6. The maximum atomic E-state index is 9.45. The SMILES string of the molecule is [2H]c1c([2H])c([2H])c(-c2cccc(-c3c([2H])c([2H])c([2H])c([2H])c3[2H])c2-[n+]2[c-]n(-c3[c-]c(Oc4[c-]c5c(c(-n6c7c([2H])c([2H])c([2H])c([2H])c7c7c([2H])c([2H])c([2H])c([2H])c76)c4)c4ccccc4n5-c4cc(C([2H])(C)C)ccn4)ccc3)c3ccccc32)c([2H])c1[2H].[Pt]. The van der Waals surface area contributed by atoms with Crippen molar-refractivity contribution in [2.75, 3.05) is 0 Å². The van der Waals surface area contributed by atoms with Crippen LogP contribution in [0.15, 0.2) is 218 Å². The summed E-state index contributed by atoms with van der Waals surface area (Å²) in [6, 6.07) is 25.1. The van der Waals surface area contributed by atoms with Crippen LogP contribution in [-0.2, 0) is 21.1 Å². The van der Waals surface area contributed by atoms with Crippen LogP contribution in [0.1, 0.15) is 51.3 Å². The predicted octanol–water partition coefficient (Wildman–Crippen LogP) is 15.1. The standard InChI is InChI=1S/C63H43N5O.Pt/c1-42(2)45-35-36-64-61(37-45)68-56-32-14-11-27-53(56)62-59(67-54-30-12-9-25-51(54)52-26-10-13-31-55(52)67)39-48(40-60(62)68)69-47-24-17-23-46(38-47)65-41-66(58-34-16-15-33-57(58)65)63-49(43-19-5-3-6-20-43)28-18-29-50(63)44-21-7-4-8-22-44;/h3-37,39,42H,1-2H3;/q-2;/i3D,4D,5D,6D,7D,8D,9D,10D,12D,13D,19D,20D,21D,22D,25D,26D,30D,31D,42D;. The Balaban J connectivity index is 0.00000769. The molecule has 0 aliphatic rings. The van der Waals surface area contributed by atoms with Gasteiger partial charge in [-0.25, -0.2) is 4.98 Å². The van der Waals surface area contributed by atoms with Gasteiger partial charge in [0.05, 0.1) is 52.4 Å². The number of benzene rings is 9. The largest absolute Gasteiger partial charge is 0.510 e. The first-order valence-corrected chi connectivity index (χ1v) is 21.7. The molecule has 9 aromatic carbocycles. The zero-order chi connectivity index (χ0) is 62.6. The van der Waals surface area contributed by atoms with Crippen LogP contribution >= 0.6 is 0 Å². The minimum Gasteiger partial charge on any atom is -0.510 e. The summed E-state index contributed by atoms with van der Waals surface area (Å²) in [6.45, 7) is 3.48. The Kier molecular flexibility index (Phi) is 6.81. The third-order valence-electron chi connectivity index (χ3n) is 12.0. The van der Waals surface area contributed by atoms with E-state index >= 15 is 0 Å². The summed E-state index contributed by atoms with van der Waals surface area (Å²) in [5.74, 6) is -0.645. The van der Waals surface area contributed by atoms with Gasteiger partial charge in [0.1, 0.15) is 5.82 Å². The minimum atomic E-state index is -1.07. The Morgan fingerprint density at radius 2 is 1.21 bits per heavy atom. The molecular formula is C63H43N5OPt-2. The van der Waals surface area contributed by atoms with Gasteiger partial charge in [-0.2, -0.15) is 12.1 Å². The van der Waals surface area contributed by atoms with Crippen LogP contribution < -0.4 is 9.30 Å². The number of nitrogens with zero attached hydrogens (tertiary/aromatic N) is 5. The van der Waals surface area contributed by atoms with Crippen molar-refractivity contribution in [2.45, 2.75) is 19.7 Å². The molecule has 0 amide bonds. The summed E-state index contributed by atoms with van der Waals surface area (Å²) in [4.78, 5) is 4.79. The molecule has 4 heterocycles. The number of rotatable bonds is 9. The molecule has 4 aromatic heterocycles. The first kappa shape index (κ1) is 27.0. The second-order valence-corrected chi connectivity index (χ2v) is 16.2. The molecule has 13 rings (SSSR count). The number of ether oxygens (including phenoxy) is 1. The van der Waals surface area contributed by atoms with Crippen LogP contribution in [0, 0.1) is 18.5 Å². The van der Waals surface area contributed by atoms with Crippen molar-refractivity contribution in [3.63, 3.8) is 0 Å². The van der Waals surface area contributed by atoms with Gasteiger partial charge in [0.25, 0.3) is 6.33 Å². The van der Waals surface area contributed by atoms with Gasteiger partial charge in [-0.05, 0) is 80.8 Å². The summed E-state index contributed by atoms with van der Waals surface area (Å²) in [5, 5.41) is 0.722. The summed E-state index contributed by atoms with van der Waals surface area (Å²) in [5.41, 5.74) is 2.25. The van der Waals surface area contributed by atoms with Gasteiger partial charge in [0.2, 0.25) is 0 Å². The quantitative estimate of drug-likeness (QED) is 0.107. The van der Waals surface area contributed by atoms with E-state index < -0.39 is 115 Å². The van der Waals surface area contributed by atoms with E-state index in [1.54, 1.807) is 95.9 Å². The Labute approximate surface area is 446 Å². The molecule has 0 N–H and O–H groups in total. The number of pyridine rings is 1. The Morgan fingerprint density at radius 1 is 0.586 bits per heavy atom. The number of hydrogen-bond donors (Lipinski definition) is 0. The van der Waals surface area contributed by atoms with E-state index in [2.05, 4.69) is 18.5 Å². The van der Waals surface area contributed by atoms with Crippen LogP contribution in [0.4, 0.5) is 0 Å². The molecule has 70 heavy (non-hydrogen) atoms. The second-order valence-electron chi connectivity index (χ2n) is 16.2. The number of aromatic nitrogens is 5. The molecule has 0 unspecified atom stereocenters. The molecule has 0 fully saturated rings. The fourth-order valence-electron chi connectivity index (χ4n) is 9.06. The van der Waals surface area contributed by atoms with E-state index in [1.165, 1.54) is 27.3 Å². The molecule has 0 saturated heterocycles. The summed E-state index contributed by atoms with van der Waals surface area (Å²) >= 11 is 0. The van der Waals surface area contributed by atoms with Crippen LogP contribution in [0.3, 0.4) is 0 Å². The van der Waals surface area contributed by atoms with E-state index in [9.17, 15) is 5.48 Å². The molecule has 338 valence electrons. The van der Waals surface area contributed by atoms with E-state index in [0.29, 0.717) is 49.9 Å². The first-order valence-electron chi connectivity index (χ1n) is 31.2.